The minimum atomic E-state index is -0.320. The molecular formula is C6H17O2Si2. The van der Waals surface area contributed by atoms with E-state index in [0.29, 0.717) is 0 Å². The average Bonchev–Trinajstić information content (AvgIpc) is 1.87. The summed E-state index contributed by atoms with van der Waals surface area (Å²) < 4.78 is 10.9. The number of rotatable bonds is 5. The van der Waals surface area contributed by atoms with E-state index in [1.807, 2.05) is 0 Å². The van der Waals surface area contributed by atoms with Crippen molar-refractivity contribution in [3.05, 3.63) is 5.92 Å². The lowest BCUT2D eigenvalue weighted by molar-refractivity contribution is 0.0262. The highest BCUT2D eigenvalue weighted by Gasteiger charge is 2.11. The molecule has 0 bridgehead atoms. The maximum absolute atomic E-state index is 5.46. The van der Waals surface area contributed by atoms with Gasteiger partial charge in [-0.15, -0.1) is 0 Å². The summed E-state index contributed by atoms with van der Waals surface area (Å²) in [5, 5.41) is 0. The molecule has 0 aliphatic carbocycles. The van der Waals surface area contributed by atoms with Crippen LogP contribution in [0.2, 0.25) is 13.1 Å². The van der Waals surface area contributed by atoms with Crippen LogP contribution in [0.5, 0.6) is 0 Å². The van der Waals surface area contributed by atoms with Crippen LogP contribution in [0.3, 0.4) is 0 Å². The molecule has 0 saturated heterocycles. The first kappa shape index (κ1) is 10.4. The van der Waals surface area contributed by atoms with Gasteiger partial charge in [-0.1, -0.05) is 26.9 Å². The second-order valence-corrected chi connectivity index (χ2v) is 4.14. The molecule has 0 rings (SSSR count). The van der Waals surface area contributed by atoms with E-state index in [0.717, 1.165) is 0 Å². The predicted octanol–water partition coefficient (Wildman–Crippen LogP) is 0.224. The van der Waals surface area contributed by atoms with Gasteiger partial charge in [0.25, 0.3) is 0 Å². The fourth-order valence-electron chi connectivity index (χ4n) is 0.684. The van der Waals surface area contributed by atoms with Gasteiger partial charge < -0.3 is 8.85 Å². The van der Waals surface area contributed by atoms with Gasteiger partial charge in [-0.05, 0) is 0 Å². The van der Waals surface area contributed by atoms with Gasteiger partial charge in [-0.2, -0.15) is 0 Å². The zero-order valence-corrected chi connectivity index (χ0v) is 10.1. The topological polar surface area (TPSA) is 18.5 Å². The van der Waals surface area contributed by atoms with Gasteiger partial charge in [-0.3, -0.25) is 0 Å². The molecule has 0 aromatic heterocycles. The highest BCUT2D eigenvalue weighted by molar-refractivity contribution is 6.26. The third kappa shape index (κ3) is 4.21. The minimum Gasteiger partial charge on any atom is -0.400 e. The highest BCUT2D eigenvalue weighted by atomic mass is 28.2. The molecule has 0 unspecified atom stereocenters. The van der Waals surface area contributed by atoms with Crippen molar-refractivity contribution < 1.29 is 8.85 Å². The maximum atomic E-state index is 5.46. The zero-order chi connectivity index (χ0) is 7.98. The monoisotopic (exact) mass is 177 g/mol. The summed E-state index contributed by atoms with van der Waals surface area (Å²) in [6, 6.07) is 0. The van der Waals surface area contributed by atoms with E-state index in [-0.39, 0.29) is 25.8 Å². The van der Waals surface area contributed by atoms with E-state index in [2.05, 4.69) is 26.9 Å². The quantitative estimate of drug-likeness (QED) is 0.442. The van der Waals surface area contributed by atoms with Crippen LogP contribution in [0.1, 0.15) is 13.8 Å². The Morgan fingerprint density at radius 1 is 1.10 bits per heavy atom. The van der Waals surface area contributed by atoms with Crippen molar-refractivity contribution in [3.63, 3.8) is 0 Å². The molecule has 0 N–H and O–H groups in total. The first-order chi connectivity index (χ1) is 4.72. The molecule has 61 valence electrons. The van der Waals surface area contributed by atoms with Crippen LogP contribution in [0.25, 0.3) is 0 Å². The van der Waals surface area contributed by atoms with Crippen LogP contribution in [0.4, 0.5) is 0 Å². The third-order valence-electron chi connectivity index (χ3n) is 1.11. The Bertz CT molecular complexity index is 72.1. The SMILES string of the molecule is C[SiH2]OC(O[SiH2]C)[C](C)C. The molecular weight excluding hydrogens is 160 g/mol. The predicted molar refractivity (Wildman–Crippen MR) is 49.4 cm³/mol. The van der Waals surface area contributed by atoms with E-state index in [4.69, 9.17) is 8.85 Å². The second-order valence-electron chi connectivity index (χ2n) is 2.32. The lowest BCUT2D eigenvalue weighted by Crippen LogP contribution is -2.24. The normalized spacial score (nSPS) is 16.5. The Hall–Kier alpha value is 0.354. The van der Waals surface area contributed by atoms with Crippen LogP contribution in [0.15, 0.2) is 0 Å². The molecule has 2 nitrogen and oxygen atoms in total. The molecule has 0 fully saturated rings. The molecule has 4 heteroatoms. The van der Waals surface area contributed by atoms with Crippen LogP contribution >= 0.6 is 0 Å². The summed E-state index contributed by atoms with van der Waals surface area (Å²) in [6.07, 6.45) is 0.0216. The summed E-state index contributed by atoms with van der Waals surface area (Å²) in [6.45, 7) is 8.35. The molecule has 0 spiro atoms. The van der Waals surface area contributed by atoms with E-state index in [1.54, 1.807) is 0 Å². The van der Waals surface area contributed by atoms with Gasteiger partial charge in [0.2, 0.25) is 0 Å². The molecule has 0 aromatic rings. The molecule has 0 saturated carbocycles. The van der Waals surface area contributed by atoms with Gasteiger partial charge in [0, 0.05) is 5.92 Å². The summed E-state index contributed by atoms with van der Waals surface area (Å²) >= 11 is 0. The standard InChI is InChI=1S/C6H17O2Si2/c1-5(2)6(7-9-3)8-10-4/h6H,9-10H2,1-4H3. The van der Waals surface area contributed by atoms with Crippen molar-refractivity contribution >= 4 is 19.5 Å². The Morgan fingerprint density at radius 2 is 1.50 bits per heavy atom. The largest absolute Gasteiger partial charge is 0.400 e. The second kappa shape index (κ2) is 6.09. The van der Waals surface area contributed by atoms with Gasteiger partial charge in [-0.25, -0.2) is 0 Å². The fourth-order valence-corrected chi connectivity index (χ4v) is 2.34. The van der Waals surface area contributed by atoms with Crippen LogP contribution in [0, 0.1) is 5.92 Å². The third-order valence-corrected chi connectivity index (χ3v) is 2.38. The first-order valence-electron chi connectivity index (χ1n) is 3.75. The van der Waals surface area contributed by atoms with Crippen molar-refractivity contribution in [2.45, 2.75) is 33.2 Å². The van der Waals surface area contributed by atoms with E-state index < -0.39 is 0 Å². The van der Waals surface area contributed by atoms with E-state index in [9.17, 15) is 0 Å². The Kier molecular flexibility index (Phi) is 6.30. The maximum Gasteiger partial charge on any atom is 0.161 e. The molecule has 0 atom stereocenters. The summed E-state index contributed by atoms with van der Waals surface area (Å²) in [5.74, 6) is 1.24. The van der Waals surface area contributed by atoms with Gasteiger partial charge in [0.15, 0.2) is 19.5 Å². The fraction of sp³-hybridized carbons (Fsp3) is 0.833. The summed E-state index contributed by atoms with van der Waals surface area (Å²) in [5.41, 5.74) is 0. The Balaban J connectivity index is 3.50. The van der Waals surface area contributed by atoms with Crippen molar-refractivity contribution in [3.8, 4) is 0 Å². The number of hydrogen-bond acceptors (Lipinski definition) is 2. The Labute approximate surface area is 68.2 Å². The summed E-state index contributed by atoms with van der Waals surface area (Å²) in [7, 11) is -0.640. The lowest BCUT2D eigenvalue weighted by atomic mass is 10.2. The van der Waals surface area contributed by atoms with Gasteiger partial charge >= 0.3 is 0 Å². The minimum absolute atomic E-state index is 0.0216. The van der Waals surface area contributed by atoms with Crippen molar-refractivity contribution in [1.82, 2.24) is 0 Å². The van der Waals surface area contributed by atoms with Gasteiger partial charge in [0.05, 0.1) is 0 Å². The smallest absolute Gasteiger partial charge is 0.161 e. The molecule has 0 aromatic carbocycles. The van der Waals surface area contributed by atoms with Crippen LogP contribution < -0.4 is 0 Å². The number of hydrogen-bond donors (Lipinski definition) is 0. The lowest BCUT2D eigenvalue weighted by Gasteiger charge is -2.20. The zero-order valence-electron chi connectivity index (χ0n) is 7.31. The van der Waals surface area contributed by atoms with E-state index >= 15 is 0 Å². The first-order valence-corrected chi connectivity index (χ1v) is 7.73. The van der Waals surface area contributed by atoms with Crippen molar-refractivity contribution in [2.24, 2.45) is 0 Å². The Morgan fingerprint density at radius 3 is 1.70 bits per heavy atom. The molecule has 0 aliphatic rings. The molecule has 0 amide bonds. The van der Waals surface area contributed by atoms with Crippen LogP contribution in [-0.2, 0) is 8.85 Å². The van der Waals surface area contributed by atoms with Crippen molar-refractivity contribution in [1.29, 1.82) is 0 Å². The average molecular weight is 177 g/mol. The molecule has 0 heterocycles. The molecule has 1 radical (unpaired) electrons. The van der Waals surface area contributed by atoms with Crippen LogP contribution in [-0.4, -0.2) is 25.8 Å². The van der Waals surface area contributed by atoms with Crippen molar-refractivity contribution in [2.75, 3.05) is 0 Å². The summed E-state index contributed by atoms with van der Waals surface area (Å²) in [4.78, 5) is 0. The molecule has 10 heavy (non-hydrogen) atoms. The van der Waals surface area contributed by atoms with Gasteiger partial charge in [0.1, 0.15) is 6.29 Å². The molecule has 0 aliphatic heterocycles. The highest BCUT2D eigenvalue weighted by Crippen LogP contribution is 2.08. The van der Waals surface area contributed by atoms with E-state index in [1.165, 1.54) is 5.92 Å².